The average molecular weight is 336 g/mol. The van der Waals surface area contributed by atoms with Crippen LogP contribution in [0.3, 0.4) is 0 Å². The molecule has 4 nitrogen and oxygen atoms in total. The number of rotatable bonds is 3. The van der Waals surface area contributed by atoms with Crippen LogP contribution in [0.25, 0.3) is 11.5 Å². The standard InChI is InChI=1S/C11H9BrF3N3O/c1-2-16-8-5-7(9-6(12)3-4-19-9)17-10(18-8)11(13,14)15/h3-5H,2H2,1H3,(H,16,17,18). The molecule has 102 valence electrons. The smallest absolute Gasteiger partial charge is 0.451 e. The highest BCUT2D eigenvalue weighted by Gasteiger charge is 2.35. The topological polar surface area (TPSA) is 51.0 Å². The van der Waals surface area contributed by atoms with E-state index in [0.29, 0.717) is 11.0 Å². The molecule has 19 heavy (non-hydrogen) atoms. The summed E-state index contributed by atoms with van der Waals surface area (Å²) in [5.74, 6) is -0.876. The van der Waals surface area contributed by atoms with E-state index < -0.39 is 12.0 Å². The van der Waals surface area contributed by atoms with Crippen molar-refractivity contribution in [3.63, 3.8) is 0 Å². The number of halogens is 4. The van der Waals surface area contributed by atoms with Crippen molar-refractivity contribution in [3.8, 4) is 11.5 Å². The van der Waals surface area contributed by atoms with E-state index >= 15 is 0 Å². The molecule has 0 spiro atoms. The highest BCUT2D eigenvalue weighted by atomic mass is 79.9. The first-order valence-electron chi connectivity index (χ1n) is 5.35. The van der Waals surface area contributed by atoms with Crippen molar-refractivity contribution in [2.75, 3.05) is 11.9 Å². The van der Waals surface area contributed by atoms with Crippen LogP contribution >= 0.6 is 15.9 Å². The summed E-state index contributed by atoms with van der Waals surface area (Å²) >= 11 is 3.19. The molecule has 0 fully saturated rings. The summed E-state index contributed by atoms with van der Waals surface area (Å²) in [7, 11) is 0. The maximum absolute atomic E-state index is 12.7. The third-order valence-electron chi connectivity index (χ3n) is 2.19. The molecule has 0 amide bonds. The lowest BCUT2D eigenvalue weighted by atomic mass is 10.3. The maximum atomic E-state index is 12.7. The number of nitrogens with one attached hydrogen (secondary N) is 1. The number of hydrogen-bond donors (Lipinski definition) is 1. The molecular weight excluding hydrogens is 327 g/mol. The molecule has 2 rings (SSSR count). The van der Waals surface area contributed by atoms with Gasteiger partial charge in [-0.1, -0.05) is 0 Å². The minimum absolute atomic E-state index is 0.0650. The van der Waals surface area contributed by atoms with Gasteiger partial charge in [-0.15, -0.1) is 0 Å². The first-order chi connectivity index (χ1) is 8.91. The Hall–Kier alpha value is -1.57. The molecule has 0 radical (unpaired) electrons. The van der Waals surface area contributed by atoms with Crippen LogP contribution in [-0.2, 0) is 6.18 Å². The first-order valence-corrected chi connectivity index (χ1v) is 6.14. The Kier molecular flexibility index (Phi) is 3.79. The van der Waals surface area contributed by atoms with E-state index in [1.807, 2.05) is 0 Å². The molecule has 0 aliphatic rings. The summed E-state index contributed by atoms with van der Waals surface area (Å²) in [5, 5.41) is 2.73. The van der Waals surface area contributed by atoms with Gasteiger partial charge in [0.15, 0.2) is 5.76 Å². The number of nitrogens with zero attached hydrogens (tertiary/aromatic N) is 2. The monoisotopic (exact) mass is 335 g/mol. The van der Waals surface area contributed by atoms with Gasteiger partial charge < -0.3 is 9.73 Å². The zero-order valence-electron chi connectivity index (χ0n) is 9.75. The fraction of sp³-hybridized carbons (Fsp3) is 0.273. The van der Waals surface area contributed by atoms with Crippen LogP contribution < -0.4 is 5.32 Å². The lowest BCUT2D eigenvalue weighted by Gasteiger charge is -2.10. The van der Waals surface area contributed by atoms with Gasteiger partial charge in [0.25, 0.3) is 0 Å². The Balaban J connectivity index is 2.55. The summed E-state index contributed by atoms with van der Waals surface area (Å²) in [6.45, 7) is 2.21. The molecule has 0 aliphatic carbocycles. The van der Waals surface area contributed by atoms with E-state index in [2.05, 4.69) is 31.2 Å². The normalized spacial score (nSPS) is 11.6. The zero-order valence-corrected chi connectivity index (χ0v) is 11.3. The van der Waals surface area contributed by atoms with Crippen LogP contribution in [0.15, 0.2) is 27.3 Å². The Morgan fingerprint density at radius 1 is 1.37 bits per heavy atom. The van der Waals surface area contributed by atoms with Gasteiger partial charge in [-0.2, -0.15) is 13.2 Å². The fourth-order valence-electron chi connectivity index (χ4n) is 1.44. The first kappa shape index (κ1) is 13.9. The van der Waals surface area contributed by atoms with Crippen molar-refractivity contribution in [2.45, 2.75) is 13.1 Å². The van der Waals surface area contributed by atoms with Crippen LogP contribution in [0.2, 0.25) is 0 Å². The summed E-state index contributed by atoms with van der Waals surface area (Å²) in [6.07, 6.45) is -3.25. The molecule has 2 heterocycles. The Morgan fingerprint density at radius 3 is 2.63 bits per heavy atom. The van der Waals surface area contributed by atoms with Gasteiger partial charge in [-0.25, -0.2) is 9.97 Å². The van der Waals surface area contributed by atoms with E-state index in [0.717, 1.165) is 0 Å². The van der Waals surface area contributed by atoms with E-state index in [9.17, 15) is 13.2 Å². The van der Waals surface area contributed by atoms with Crippen molar-refractivity contribution in [1.82, 2.24) is 9.97 Å². The van der Waals surface area contributed by atoms with Gasteiger partial charge in [-0.3, -0.25) is 0 Å². The van der Waals surface area contributed by atoms with Crippen LogP contribution in [0.1, 0.15) is 12.7 Å². The highest BCUT2D eigenvalue weighted by molar-refractivity contribution is 9.10. The number of hydrogen-bond acceptors (Lipinski definition) is 4. The van der Waals surface area contributed by atoms with E-state index in [1.165, 1.54) is 12.3 Å². The molecule has 0 aromatic carbocycles. The molecule has 0 atom stereocenters. The minimum atomic E-state index is -4.61. The third-order valence-corrected chi connectivity index (χ3v) is 2.81. The van der Waals surface area contributed by atoms with Crippen molar-refractivity contribution < 1.29 is 17.6 Å². The van der Waals surface area contributed by atoms with Crippen molar-refractivity contribution >= 4 is 21.7 Å². The largest absolute Gasteiger partial charge is 0.461 e. The lowest BCUT2D eigenvalue weighted by molar-refractivity contribution is -0.144. The maximum Gasteiger partial charge on any atom is 0.451 e. The molecular formula is C11H9BrF3N3O. The molecule has 8 heteroatoms. The van der Waals surface area contributed by atoms with Crippen molar-refractivity contribution in [3.05, 3.63) is 28.7 Å². The molecule has 2 aromatic rings. The Labute approximate surface area is 115 Å². The van der Waals surface area contributed by atoms with Gasteiger partial charge in [0.1, 0.15) is 11.5 Å². The fourth-order valence-corrected chi connectivity index (χ4v) is 1.84. The SMILES string of the molecule is CCNc1cc(-c2occc2Br)nc(C(F)(F)F)n1. The van der Waals surface area contributed by atoms with Gasteiger partial charge in [0.05, 0.1) is 10.7 Å². The van der Waals surface area contributed by atoms with Gasteiger partial charge >= 0.3 is 6.18 Å². The molecule has 0 bridgehead atoms. The predicted octanol–water partition coefficient (Wildman–Crippen LogP) is 3.95. The predicted molar refractivity (Wildman–Crippen MR) is 66.6 cm³/mol. The highest BCUT2D eigenvalue weighted by Crippen LogP contribution is 2.33. The summed E-state index contributed by atoms with van der Waals surface area (Å²) in [5.41, 5.74) is 0.0650. The van der Waals surface area contributed by atoms with Crippen LogP contribution in [-0.4, -0.2) is 16.5 Å². The third kappa shape index (κ3) is 3.06. The average Bonchev–Trinajstić information content (AvgIpc) is 2.74. The van der Waals surface area contributed by atoms with Gasteiger partial charge in [0, 0.05) is 12.6 Å². The number of anilines is 1. The number of alkyl halides is 3. The molecule has 0 saturated heterocycles. The lowest BCUT2D eigenvalue weighted by Crippen LogP contribution is -2.13. The molecule has 2 aromatic heterocycles. The second kappa shape index (κ2) is 5.20. The van der Waals surface area contributed by atoms with Gasteiger partial charge in [0.2, 0.25) is 5.82 Å². The summed E-state index contributed by atoms with van der Waals surface area (Å²) in [6, 6.07) is 2.99. The zero-order chi connectivity index (χ0) is 14.0. The summed E-state index contributed by atoms with van der Waals surface area (Å²) in [4.78, 5) is 6.92. The van der Waals surface area contributed by atoms with Crippen LogP contribution in [0.5, 0.6) is 0 Å². The van der Waals surface area contributed by atoms with E-state index in [4.69, 9.17) is 4.42 Å². The quantitative estimate of drug-likeness (QED) is 0.922. The van der Waals surface area contributed by atoms with E-state index in [-0.39, 0.29) is 17.3 Å². The molecule has 0 aliphatic heterocycles. The minimum Gasteiger partial charge on any atom is -0.461 e. The van der Waals surface area contributed by atoms with Crippen LogP contribution in [0.4, 0.5) is 19.0 Å². The second-order valence-corrected chi connectivity index (χ2v) is 4.44. The van der Waals surface area contributed by atoms with E-state index in [1.54, 1.807) is 13.0 Å². The van der Waals surface area contributed by atoms with Crippen molar-refractivity contribution in [1.29, 1.82) is 0 Å². The van der Waals surface area contributed by atoms with Gasteiger partial charge in [-0.05, 0) is 28.9 Å². The van der Waals surface area contributed by atoms with Crippen molar-refractivity contribution in [2.24, 2.45) is 0 Å². The number of aromatic nitrogens is 2. The molecule has 1 N–H and O–H groups in total. The molecule has 0 saturated carbocycles. The van der Waals surface area contributed by atoms with Crippen LogP contribution in [0, 0.1) is 0 Å². The second-order valence-electron chi connectivity index (χ2n) is 3.59. The Morgan fingerprint density at radius 2 is 2.11 bits per heavy atom. The molecule has 0 unspecified atom stereocenters. The Bertz CT molecular complexity index is 583. The number of furan rings is 1. The summed E-state index contributed by atoms with van der Waals surface area (Å²) < 4.78 is 43.9.